The van der Waals surface area contributed by atoms with E-state index >= 15 is 0 Å². The van der Waals surface area contributed by atoms with Crippen LogP contribution in [0.4, 0.5) is 17.1 Å². The molecule has 0 radical (unpaired) electrons. The molecule has 0 bridgehead atoms. The first-order valence-corrected chi connectivity index (χ1v) is 4.68. The molecule has 0 spiro atoms. The number of H-pyrrole nitrogens is 1. The van der Waals surface area contributed by atoms with Crippen LogP contribution in [0.5, 0.6) is 0 Å². The monoisotopic (exact) mass is 218 g/mol. The van der Waals surface area contributed by atoms with Crippen molar-refractivity contribution in [1.82, 2.24) is 10.2 Å². The molecule has 1 heterocycles. The third kappa shape index (κ3) is 2.00. The van der Waals surface area contributed by atoms with E-state index in [0.29, 0.717) is 0 Å². The molecule has 2 aromatic rings. The molecular formula is C10H10N4O2. The zero-order valence-electron chi connectivity index (χ0n) is 8.60. The van der Waals surface area contributed by atoms with Gasteiger partial charge in [0.25, 0.3) is 5.69 Å². The minimum atomic E-state index is -0.424. The van der Waals surface area contributed by atoms with Gasteiger partial charge in [-0.05, 0) is 19.1 Å². The van der Waals surface area contributed by atoms with Gasteiger partial charge in [-0.25, -0.2) is 0 Å². The van der Waals surface area contributed by atoms with Crippen molar-refractivity contribution >= 4 is 17.1 Å². The minimum Gasteiger partial charge on any atom is -0.353 e. The molecule has 0 saturated carbocycles. The van der Waals surface area contributed by atoms with Crippen LogP contribution in [0, 0.1) is 17.0 Å². The van der Waals surface area contributed by atoms with E-state index in [1.165, 1.54) is 12.1 Å². The van der Waals surface area contributed by atoms with Gasteiger partial charge in [0.2, 0.25) is 0 Å². The summed E-state index contributed by atoms with van der Waals surface area (Å²) in [5.74, 6) is 0. The van der Waals surface area contributed by atoms with Gasteiger partial charge in [0.1, 0.15) is 0 Å². The minimum absolute atomic E-state index is 0.0782. The molecular weight excluding hydrogens is 208 g/mol. The Morgan fingerprint density at radius 3 is 2.56 bits per heavy atom. The quantitative estimate of drug-likeness (QED) is 0.611. The van der Waals surface area contributed by atoms with Gasteiger partial charge in [0.05, 0.1) is 22.5 Å². The highest BCUT2D eigenvalue weighted by Gasteiger charge is 2.05. The summed E-state index contributed by atoms with van der Waals surface area (Å²) in [6.07, 6.45) is 1.66. The summed E-state index contributed by atoms with van der Waals surface area (Å²) in [5, 5.41) is 20.2. The molecule has 0 atom stereocenters. The fourth-order valence-electron chi connectivity index (χ4n) is 1.30. The molecule has 2 rings (SSSR count). The number of aryl methyl sites for hydroxylation is 1. The van der Waals surface area contributed by atoms with Crippen LogP contribution in [0.1, 0.15) is 5.69 Å². The second kappa shape index (κ2) is 4.01. The van der Waals surface area contributed by atoms with Crippen LogP contribution in [0.2, 0.25) is 0 Å². The predicted molar refractivity (Wildman–Crippen MR) is 59.7 cm³/mol. The highest BCUT2D eigenvalue weighted by Crippen LogP contribution is 2.20. The van der Waals surface area contributed by atoms with Crippen LogP contribution in [0.15, 0.2) is 30.5 Å². The van der Waals surface area contributed by atoms with Gasteiger partial charge in [-0.2, -0.15) is 5.10 Å². The molecule has 1 aromatic heterocycles. The van der Waals surface area contributed by atoms with Crippen LogP contribution in [0.25, 0.3) is 0 Å². The van der Waals surface area contributed by atoms with E-state index < -0.39 is 4.92 Å². The number of nitrogens with one attached hydrogen (secondary N) is 2. The average molecular weight is 218 g/mol. The van der Waals surface area contributed by atoms with E-state index in [9.17, 15) is 10.1 Å². The van der Waals surface area contributed by atoms with E-state index in [1.54, 1.807) is 18.3 Å². The molecule has 0 aliphatic heterocycles. The smallest absolute Gasteiger partial charge is 0.269 e. The van der Waals surface area contributed by atoms with Gasteiger partial charge in [-0.1, -0.05) is 0 Å². The molecule has 0 saturated heterocycles. The van der Waals surface area contributed by atoms with Gasteiger partial charge < -0.3 is 5.32 Å². The number of non-ortho nitro benzene ring substituents is 1. The zero-order valence-corrected chi connectivity index (χ0v) is 8.60. The second-order valence-corrected chi connectivity index (χ2v) is 3.34. The van der Waals surface area contributed by atoms with E-state index in [4.69, 9.17) is 0 Å². The Kier molecular flexibility index (Phi) is 2.55. The number of rotatable bonds is 3. The molecule has 1 aromatic carbocycles. The standard InChI is InChI=1S/C10H10N4O2/c1-7-10(6-11-13-7)12-8-2-4-9(5-3-8)14(15)16/h2-6,12H,1H3,(H,11,13). The van der Waals surface area contributed by atoms with Crippen molar-refractivity contribution in [2.24, 2.45) is 0 Å². The summed E-state index contributed by atoms with van der Waals surface area (Å²) < 4.78 is 0. The van der Waals surface area contributed by atoms with Crippen molar-refractivity contribution in [1.29, 1.82) is 0 Å². The number of hydrogen-bond acceptors (Lipinski definition) is 4. The van der Waals surface area contributed by atoms with Gasteiger partial charge in [0.15, 0.2) is 0 Å². The highest BCUT2D eigenvalue weighted by atomic mass is 16.6. The lowest BCUT2D eigenvalue weighted by molar-refractivity contribution is -0.384. The van der Waals surface area contributed by atoms with Crippen molar-refractivity contribution in [2.75, 3.05) is 5.32 Å². The number of aromatic nitrogens is 2. The van der Waals surface area contributed by atoms with Crippen molar-refractivity contribution in [3.05, 3.63) is 46.3 Å². The SMILES string of the molecule is Cc1[nH]ncc1Nc1ccc([N+](=O)[O-])cc1. The number of nitro benzene ring substituents is 1. The van der Waals surface area contributed by atoms with E-state index in [2.05, 4.69) is 15.5 Å². The number of benzene rings is 1. The number of hydrogen-bond donors (Lipinski definition) is 2. The Morgan fingerprint density at radius 2 is 2.06 bits per heavy atom. The highest BCUT2D eigenvalue weighted by molar-refractivity contribution is 5.61. The van der Waals surface area contributed by atoms with Crippen molar-refractivity contribution in [3.8, 4) is 0 Å². The van der Waals surface area contributed by atoms with E-state index in [1.807, 2.05) is 6.92 Å². The molecule has 2 N–H and O–H groups in total. The topological polar surface area (TPSA) is 83.8 Å². The molecule has 0 aliphatic carbocycles. The van der Waals surface area contributed by atoms with E-state index in [0.717, 1.165) is 17.1 Å². The Morgan fingerprint density at radius 1 is 1.38 bits per heavy atom. The summed E-state index contributed by atoms with van der Waals surface area (Å²) in [6, 6.07) is 6.23. The Balaban J connectivity index is 2.17. The molecule has 0 amide bonds. The van der Waals surface area contributed by atoms with Crippen LogP contribution in [-0.2, 0) is 0 Å². The summed E-state index contributed by atoms with van der Waals surface area (Å²) in [5.41, 5.74) is 2.64. The lowest BCUT2D eigenvalue weighted by Gasteiger charge is -2.03. The number of nitrogens with zero attached hydrogens (tertiary/aromatic N) is 2. The fourth-order valence-corrected chi connectivity index (χ4v) is 1.30. The van der Waals surface area contributed by atoms with Gasteiger partial charge in [0, 0.05) is 17.8 Å². The third-order valence-corrected chi connectivity index (χ3v) is 2.19. The van der Waals surface area contributed by atoms with Crippen molar-refractivity contribution < 1.29 is 4.92 Å². The zero-order chi connectivity index (χ0) is 11.5. The first kappa shape index (κ1) is 10.2. The average Bonchev–Trinajstić information content (AvgIpc) is 2.65. The van der Waals surface area contributed by atoms with Crippen LogP contribution in [0.3, 0.4) is 0 Å². The number of nitro groups is 1. The maximum atomic E-state index is 10.5. The molecule has 6 nitrogen and oxygen atoms in total. The molecule has 0 unspecified atom stereocenters. The molecule has 82 valence electrons. The lowest BCUT2D eigenvalue weighted by Crippen LogP contribution is -1.92. The summed E-state index contributed by atoms with van der Waals surface area (Å²) in [6.45, 7) is 1.89. The third-order valence-electron chi connectivity index (χ3n) is 2.19. The van der Waals surface area contributed by atoms with E-state index in [-0.39, 0.29) is 5.69 Å². The Labute approximate surface area is 91.5 Å². The summed E-state index contributed by atoms with van der Waals surface area (Å²) in [7, 11) is 0. The second-order valence-electron chi connectivity index (χ2n) is 3.34. The molecule has 0 aliphatic rings. The largest absolute Gasteiger partial charge is 0.353 e. The van der Waals surface area contributed by atoms with Crippen LogP contribution in [-0.4, -0.2) is 15.1 Å². The van der Waals surface area contributed by atoms with Crippen molar-refractivity contribution in [3.63, 3.8) is 0 Å². The maximum Gasteiger partial charge on any atom is 0.269 e. The summed E-state index contributed by atoms with van der Waals surface area (Å²) >= 11 is 0. The summed E-state index contributed by atoms with van der Waals surface area (Å²) in [4.78, 5) is 10.0. The first-order chi connectivity index (χ1) is 7.66. The van der Waals surface area contributed by atoms with Crippen LogP contribution >= 0.6 is 0 Å². The van der Waals surface area contributed by atoms with Gasteiger partial charge in [-0.15, -0.1) is 0 Å². The predicted octanol–water partition coefficient (Wildman–Crippen LogP) is 2.37. The first-order valence-electron chi connectivity index (χ1n) is 4.68. The van der Waals surface area contributed by atoms with Crippen LogP contribution < -0.4 is 5.32 Å². The number of anilines is 2. The molecule has 6 heteroatoms. The lowest BCUT2D eigenvalue weighted by atomic mass is 10.2. The maximum absolute atomic E-state index is 10.5. The Hall–Kier alpha value is -2.37. The number of aromatic amines is 1. The van der Waals surface area contributed by atoms with Crippen molar-refractivity contribution in [2.45, 2.75) is 6.92 Å². The molecule has 16 heavy (non-hydrogen) atoms. The fraction of sp³-hybridized carbons (Fsp3) is 0.100. The Bertz CT molecular complexity index is 504. The van der Waals surface area contributed by atoms with Gasteiger partial charge in [-0.3, -0.25) is 15.2 Å². The normalized spacial score (nSPS) is 10.1. The molecule has 0 fully saturated rings. The van der Waals surface area contributed by atoms with Gasteiger partial charge >= 0.3 is 0 Å².